The molecule has 0 aliphatic heterocycles. The molecule has 2 aromatic carbocycles. The zero-order valence-corrected chi connectivity index (χ0v) is 20.0. The largest absolute Gasteiger partial charge is 0.422 e. The van der Waals surface area contributed by atoms with E-state index in [9.17, 15) is 9.59 Å². The molecule has 174 valence electrons. The fraction of sp³-hybridized carbons (Fsp3) is 0. The number of halogens is 1. The number of nitrogens with zero attached hydrogens (tertiary/aromatic N) is 5. The summed E-state index contributed by atoms with van der Waals surface area (Å²) in [5.41, 5.74) is 2.74. The van der Waals surface area contributed by atoms with Crippen molar-refractivity contribution in [3.63, 3.8) is 0 Å². The average molecular weight is 539 g/mol. The molecule has 0 radical (unpaired) electrons. The summed E-state index contributed by atoms with van der Waals surface area (Å²) in [6.45, 7) is 0. The fourth-order valence-electron chi connectivity index (χ4n) is 3.80. The Labute approximate surface area is 211 Å². The third kappa shape index (κ3) is 4.03. The van der Waals surface area contributed by atoms with Crippen LogP contribution in [0.1, 0.15) is 10.4 Å². The molecular formula is C26H15BrN6O3. The summed E-state index contributed by atoms with van der Waals surface area (Å²) in [5, 5.41) is 16.5. The summed E-state index contributed by atoms with van der Waals surface area (Å²) in [5.74, 6) is -0.0472. The molecule has 0 saturated carbocycles. The van der Waals surface area contributed by atoms with E-state index in [-0.39, 0.29) is 5.56 Å². The third-order valence-electron chi connectivity index (χ3n) is 5.51. The van der Waals surface area contributed by atoms with Crippen molar-refractivity contribution >= 4 is 44.1 Å². The van der Waals surface area contributed by atoms with Crippen LogP contribution in [0, 0.1) is 0 Å². The number of fused-ring (bicyclic) bond motifs is 2. The number of hydrogen-bond acceptors (Lipinski definition) is 7. The minimum absolute atomic E-state index is 0.0879. The maximum absolute atomic E-state index is 12.9. The summed E-state index contributed by atoms with van der Waals surface area (Å²) in [4.78, 5) is 29.7. The lowest BCUT2D eigenvalue weighted by atomic mass is 10.1. The van der Waals surface area contributed by atoms with Gasteiger partial charge in [-0.2, -0.15) is 9.61 Å². The van der Waals surface area contributed by atoms with E-state index in [0.717, 1.165) is 10.0 Å². The smallest absolute Gasteiger partial charge is 0.349 e. The molecule has 4 heterocycles. The highest BCUT2D eigenvalue weighted by Crippen LogP contribution is 2.24. The number of pyridine rings is 1. The van der Waals surface area contributed by atoms with Crippen molar-refractivity contribution in [1.82, 2.24) is 24.8 Å². The van der Waals surface area contributed by atoms with Gasteiger partial charge in [0.2, 0.25) is 5.82 Å². The van der Waals surface area contributed by atoms with Gasteiger partial charge in [0.25, 0.3) is 5.91 Å². The maximum Gasteiger partial charge on any atom is 0.349 e. The van der Waals surface area contributed by atoms with Crippen molar-refractivity contribution in [3.8, 4) is 22.8 Å². The molecule has 0 saturated heterocycles. The Kier molecular flexibility index (Phi) is 5.34. The lowest BCUT2D eigenvalue weighted by Crippen LogP contribution is -2.20. The van der Waals surface area contributed by atoms with Crippen LogP contribution in [0.5, 0.6) is 0 Å². The van der Waals surface area contributed by atoms with Gasteiger partial charge in [-0.05, 0) is 60.7 Å². The molecule has 1 amide bonds. The Morgan fingerprint density at radius 1 is 0.917 bits per heavy atom. The van der Waals surface area contributed by atoms with Crippen LogP contribution >= 0.6 is 15.9 Å². The maximum atomic E-state index is 12.9. The first kappa shape index (κ1) is 21.8. The van der Waals surface area contributed by atoms with Crippen LogP contribution in [0.25, 0.3) is 39.4 Å². The Balaban J connectivity index is 1.32. The summed E-state index contributed by atoms with van der Waals surface area (Å²) in [6.07, 6.45) is 1.68. The molecule has 0 atom stereocenters. The molecule has 0 spiro atoms. The van der Waals surface area contributed by atoms with Crippen molar-refractivity contribution in [3.05, 3.63) is 106 Å². The van der Waals surface area contributed by atoms with Gasteiger partial charge in [0.15, 0.2) is 5.65 Å². The number of benzene rings is 2. The van der Waals surface area contributed by atoms with Crippen LogP contribution in [-0.4, -0.2) is 30.7 Å². The van der Waals surface area contributed by atoms with Gasteiger partial charge in [-0.15, -0.1) is 10.2 Å². The summed E-state index contributed by atoms with van der Waals surface area (Å²) >= 11 is 3.39. The zero-order chi connectivity index (χ0) is 24.6. The van der Waals surface area contributed by atoms with Gasteiger partial charge >= 0.3 is 5.63 Å². The second-order valence-electron chi connectivity index (χ2n) is 7.89. The summed E-state index contributed by atoms with van der Waals surface area (Å²) in [7, 11) is 0. The fourth-order valence-corrected chi connectivity index (χ4v) is 4.18. The lowest BCUT2D eigenvalue weighted by Gasteiger charge is -2.08. The molecule has 0 fully saturated rings. The van der Waals surface area contributed by atoms with E-state index >= 15 is 0 Å². The number of aromatic nitrogens is 5. The number of rotatable bonds is 4. The number of nitrogens with one attached hydrogen (secondary N) is 1. The SMILES string of the molecule is O=C(Nc1cccc(-c2ccc3nnc(-c4ccccn4)n3n2)c1)c1cc2cc(Br)ccc2oc1=O. The van der Waals surface area contributed by atoms with Gasteiger partial charge in [0.05, 0.1) is 5.69 Å². The predicted octanol–water partition coefficient (Wildman–Crippen LogP) is 4.97. The van der Waals surface area contributed by atoms with Crippen molar-refractivity contribution < 1.29 is 9.21 Å². The summed E-state index contributed by atoms with van der Waals surface area (Å²) < 4.78 is 7.75. The van der Waals surface area contributed by atoms with Crippen molar-refractivity contribution in [2.75, 3.05) is 5.32 Å². The van der Waals surface area contributed by atoms with Crippen LogP contribution in [0.2, 0.25) is 0 Å². The van der Waals surface area contributed by atoms with Gasteiger partial charge in [-0.3, -0.25) is 9.78 Å². The van der Waals surface area contributed by atoms with E-state index < -0.39 is 11.5 Å². The first-order valence-corrected chi connectivity index (χ1v) is 11.6. The zero-order valence-electron chi connectivity index (χ0n) is 18.4. The van der Waals surface area contributed by atoms with Gasteiger partial charge in [0, 0.05) is 27.3 Å². The first-order valence-electron chi connectivity index (χ1n) is 10.8. The number of carbonyl (C=O) groups excluding carboxylic acids is 1. The van der Waals surface area contributed by atoms with E-state index in [1.54, 1.807) is 47.1 Å². The van der Waals surface area contributed by atoms with Gasteiger partial charge < -0.3 is 9.73 Å². The van der Waals surface area contributed by atoms with Crippen molar-refractivity contribution in [1.29, 1.82) is 0 Å². The molecular weight excluding hydrogens is 524 g/mol. The highest BCUT2D eigenvalue weighted by Gasteiger charge is 2.16. The van der Waals surface area contributed by atoms with Crippen LogP contribution in [0.4, 0.5) is 5.69 Å². The molecule has 0 unspecified atom stereocenters. The summed E-state index contributed by atoms with van der Waals surface area (Å²) in [6, 6.07) is 23.1. The van der Waals surface area contributed by atoms with E-state index in [1.165, 1.54) is 6.07 Å². The molecule has 6 rings (SSSR count). The number of amides is 1. The normalized spacial score (nSPS) is 11.1. The molecule has 0 bridgehead atoms. The van der Waals surface area contributed by atoms with E-state index in [2.05, 4.69) is 41.5 Å². The Morgan fingerprint density at radius 3 is 2.69 bits per heavy atom. The standard InChI is InChI=1S/C26H15BrN6O3/c27-17-7-9-22-16(12-17)14-19(26(35)36-22)25(34)29-18-5-3-4-15(13-18)20-8-10-23-30-31-24(33(23)32-20)21-6-1-2-11-28-21/h1-14H,(H,29,34). The topological polar surface area (TPSA) is 115 Å². The second kappa shape index (κ2) is 8.82. The first-order chi connectivity index (χ1) is 17.5. The Hall–Kier alpha value is -4.70. The monoisotopic (exact) mass is 538 g/mol. The van der Waals surface area contributed by atoms with E-state index in [0.29, 0.717) is 39.5 Å². The lowest BCUT2D eigenvalue weighted by molar-refractivity contribution is 0.102. The van der Waals surface area contributed by atoms with E-state index in [4.69, 9.17) is 4.42 Å². The molecule has 4 aromatic heterocycles. The minimum Gasteiger partial charge on any atom is -0.422 e. The van der Waals surface area contributed by atoms with Crippen molar-refractivity contribution in [2.45, 2.75) is 0 Å². The van der Waals surface area contributed by atoms with Crippen LogP contribution in [-0.2, 0) is 0 Å². The van der Waals surface area contributed by atoms with Crippen LogP contribution in [0.15, 0.2) is 98.7 Å². The molecule has 6 aromatic rings. The molecule has 1 N–H and O–H groups in total. The van der Waals surface area contributed by atoms with Crippen molar-refractivity contribution in [2.24, 2.45) is 0 Å². The number of hydrogen-bond donors (Lipinski definition) is 1. The molecule has 0 aliphatic carbocycles. The predicted molar refractivity (Wildman–Crippen MR) is 138 cm³/mol. The Bertz CT molecular complexity index is 1830. The average Bonchev–Trinajstić information content (AvgIpc) is 3.32. The number of anilines is 1. The van der Waals surface area contributed by atoms with Gasteiger partial charge in [-0.25, -0.2) is 4.79 Å². The minimum atomic E-state index is -0.708. The third-order valence-corrected chi connectivity index (χ3v) is 6.01. The highest BCUT2D eigenvalue weighted by atomic mass is 79.9. The molecule has 0 aliphatic rings. The number of carbonyl (C=O) groups is 1. The van der Waals surface area contributed by atoms with E-state index in [1.807, 2.05) is 36.4 Å². The molecule has 9 nitrogen and oxygen atoms in total. The van der Waals surface area contributed by atoms with Gasteiger partial charge in [-0.1, -0.05) is 34.1 Å². The second-order valence-corrected chi connectivity index (χ2v) is 8.81. The quantitative estimate of drug-likeness (QED) is 0.315. The molecule has 10 heteroatoms. The van der Waals surface area contributed by atoms with Crippen LogP contribution in [0.3, 0.4) is 0 Å². The molecule has 36 heavy (non-hydrogen) atoms. The van der Waals surface area contributed by atoms with Gasteiger partial charge in [0.1, 0.15) is 16.8 Å². The Morgan fingerprint density at radius 2 is 1.83 bits per heavy atom. The van der Waals surface area contributed by atoms with Crippen LogP contribution < -0.4 is 10.9 Å². The highest BCUT2D eigenvalue weighted by molar-refractivity contribution is 9.10.